The number of aromatic nitrogens is 4. The minimum absolute atomic E-state index is 0.125. The van der Waals surface area contributed by atoms with E-state index in [4.69, 9.17) is 0 Å². The quantitative estimate of drug-likeness (QED) is 0.616. The molecule has 3 rings (SSSR count). The summed E-state index contributed by atoms with van der Waals surface area (Å²) in [4.78, 5) is 16.1. The lowest BCUT2D eigenvalue weighted by Crippen LogP contribution is -2.15. The number of halogens is 1. The van der Waals surface area contributed by atoms with Crippen molar-refractivity contribution in [2.24, 2.45) is 0 Å². The van der Waals surface area contributed by atoms with Gasteiger partial charge in [0.25, 0.3) is 0 Å². The maximum Gasteiger partial charge on any atom is 0.236 e. The Kier molecular flexibility index (Phi) is 5.83. The first-order valence-electron chi connectivity index (χ1n) is 7.70. The Balaban J connectivity index is 1.69. The van der Waals surface area contributed by atoms with Crippen LogP contribution in [0, 0.1) is 0 Å². The smallest absolute Gasteiger partial charge is 0.236 e. The zero-order chi connectivity index (χ0) is 17.6. The van der Waals surface area contributed by atoms with Crippen LogP contribution >= 0.6 is 27.7 Å². The summed E-state index contributed by atoms with van der Waals surface area (Å²) in [5, 5.41) is 12.0. The number of nitrogens with zero attached hydrogens (tertiary/aromatic N) is 4. The molecule has 6 nitrogen and oxygen atoms in total. The van der Waals surface area contributed by atoms with E-state index in [1.807, 2.05) is 41.8 Å². The molecule has 0 aliphatic heterocycles. The summed E-state index contributed by atoms with van der Waals surface area (Å²) in [6.45, 7) is 2.76. The highest BCUT2D eigenvalue weighted by Gasteiger charge is 2.14. The number of pyridine rings is 1. The average molecular weight is 418 g/mol. The maximum absolute atomic E-state index is 12.1. The van der Waals surface area contributed by atoms with Gasteiger partial charge in [0.05, 0.1) is 5.75 Å². The molecule has 8 heteroatoms. The van der Waals surface area contributed by atoms with Gasteiger partial charge in [0.15, 0.2) is 11.0 Å². The monoisotopic (exact) mass is 417 g/mol. The minimum atomic E-state index is -0.125. The van der Waals surface area contributed by atoms with Gasteiger partial charge in [-0.1, -0.05) is 45.9 Å². The summed E-state index contributed by atoms with van der Waals surface area (Å²) in [6.07, 6.45) is 1.64. The van der Waals surface area contributed by atoms with E-state index in [9.17, 15) is 4.79 Å². The Morgan fingerprint density at radius 3 is 2.68 bits per heavy atom. The Morgan fingerprint density at radius 1 is 1.20 bits per heavy atom. The lowest BCUT2D eigenvalue weighted by molar-refractivity contribution is -0.113. The molecular formula is C17H16BrN5OS. The molecule has 0 aliphatic rings. The van der Waals surface area contributed by atoms with Gasteiger partial charge in [-0.05, 0) is 31.2 Å². The van der Waals surface area contributed by atoms with Gasteiger partial charge >= 0.3 is 0 Å². The van der Waals surface area contributed by atoms with E-state index in [0.29, 0.717) is 5.82 Å². The third kappa shape index (κ3) is 4.46. The lowest BCUT2D eigenvalue weighted by Gasteiger charge is -2.07. The third-order valence-electron chi connectivity index (χ3n) is 3.40. The number of carbonyl (C=O) groups excluding carboxylic acids is 1. The molecule has 0 spiro atoms. The standard InChI is InChI=1S/C17H16BrN5OS/c1-2-23-16(12-6-8-13(18)9-7-12)21-22-17(23)25-11-15(24)20-14-5-3-4-10-19-14/h3-10H,2,11H2,1H3,(H,19,20,24). The molecule has 3 aromatic rings. The van der Waals surface area contributed by atoms with E-state index in [-0.39, 0.29) is 11.7 Å². The van der Waals surface area contributed by atoms with Crippen molar-refractivity contribution in [2.45, 2.75) is 18.6 Å². The number of benzene rings is 1. The van der Waals surface area contributed by atoms with Crippen LogP contribution in [0.15, 0.2) is 58.3 Å². The van der Waals surface area contributed by atoms with Gasteiger partial charge in [-0.3, -0.25) is 4.79 Å². The van der Waals surface area contributed by atoms with Crippen LogP contribution in [0.2, 0.25) is 0 Å². The number of rotatable bonds is 6. The molecule has 2 aromatic heterocycles. The van der Waals surface area contributed by atoms with Crippen molar-refractivity contribution in [1.29, 1.82) is 0 Å². The first kappa shape index (κ1) is 17.6. The van der Waals surface area contributed by atoms with Crippen LogP contribution in [0.3, 0.4) is 0 Å². The zero-order valence-corrected chi connectivity index (χ0v) is 15.9. The van der Waals surface area contributed by atoms with Crippen LogP contribution in [0.5, 0.6) is 0 Å². The Bertz CT molecular complexity index is 851. The molecule has 1 aromatic carbocycles. The summed E-state index contributed by atoms with van der Waals surface area (Å²) >= 11 is 4.79. The molecule has 0 atom stereocenters. The Morgan fingerprint density at radius 2 is 2.00 bits per heavy atom. The average Bonchev–Trinajstić information content (AvgIpc) is 3.04. The molecule has 0 aliphatic carbocycles. The number of hydrogen-bond donors (Lipinski definition) is 1. The van der Waals surface area contributed by atoms with Crippen LogP contribution in [0.1, 0.15) is 6.92 Å². The van der Waals surface area contributed by atoms with Crippen LogP contribution in [0.25, 0.3) is 11.4 Å². The SMILES string of the molecule is CCn1c(SCC(=O)Nc2ccccn2)nnc1-c1ccc(Br)cc1. The largest absolute Gasteiger partial charge is 0.310 e. The van der Waals surface area contributed by atoms with E-state index in [1.165, 1.54) is 11.8 Å². The van der Waals surface area contributed by atoms with E-state index in [1.54, 1.807) is 18.3 Å². The van der Waals surface area contributed by atoms with Crippen molar-refractivity contribution in [3.63, 3.8) is 0 Å². The van der Waals surface area contributed by atoms with Crippen molar-refractivity contribution in [3.8, 4) is 11.4 Å². The van der Waals surface area contributed by atoms with Crippen LogP contribution in [-0.4, -0.2) is 31.4 Å². The summed E-state index contributed by atoms with van der Waals surface area (Å²) < 4.78 is 3.02. The van der Waals surface area contributed by atoms with Gasteiger partial charge < -0.3 is 9.88 Å². The fraction of sp³-hybridized carbons (Fsp3) is 0.176. The molecule has 0 fully saturated rings. The normalized spacial score (nSPS) is 10.6. The predicted octanol–water partition coefficient (Wildman–Crippen LogP) is 3.85. The van der Waals surface area contributed by atoms with Crippen molar-refractivity contribution in [3.05, 3.63) is 53.1 Å². The topological polar surface area (TPSA) is 72.7 Å². The van der Waals surface area contributed by atoms with Gasteiger partial charge in [0, 0.05) is 22.8 Å². The minimum Gasteiger partial charge on any atom is -0.310 e. The summed E-state index contributed by atoms with van der Waals surface area (Å²) in [5.74, 6) is 1.46. The second kappa shape index (κ2) is 8.26. The van der Waals surface area contributed by atoms with Gasteiger partial charge in [-0.25, -0.2) is 4.98 Å². The first-order valence-corrected chi connectivity index (χ1v) is 9.48. The number of hydrogen-bond acceptors (Lipinski definition) is 5. The van der Waals surface area contributed by atoms with Gasteiger partial charge in [0.1, 0.15) is 5.82 Å². The number of amides is 1. The van der Waals surface area contributed by atoms with Crippen LogP contribution in [0.4, 0.5) is 5.82 Å². The predicted molar refractivity (Wildman–Crippen MR) is 102 cm³/mol. The molecular weight excluding hydrogens is 402 g/mol. The molecule has 0 saturated heterocycles. The van der Waals surface area contributed by atoms with E-state index >= 15 is 0 Å². The second-order valence-corrected chi connectivity index (χ2v) is 6.97. The summed E-state index contributed by atoms with van der Waals surface area (Å²) in [5.41, 5.74) is 0.988. The second-order valence-electron chi connectivity index (χ2n) is 5.11. The Hall–Kier alpha value is -2.19. The van der Waals surface area contributed by atoms with Crippen molar-refractivity contribution in [1.82, 2.24) is 19.7 Å². The molecule has 0 bridgehead atoms. The lowest BCUT2D eigenvalue weighted by atomic mass is 10.2. The molecule has 0 radical (unpaired) electrons. The number of nitrogens with one attached hydrogen (secondary N) is 1. The molecule has 0 unspecified atom stereocenters. The number of anilines is 1. The van der Waals surface area contributed by atoms with Crippen molar-refractivity contribution < 1.29 is 4.79 Å². The van der Waals surface area contributed by atoms with Gasteiger partial charge in [0.2, 0.25) is 5.91 Å². The first-order chi connectivity index (χ1) is 12.2. The molecule has 128 valence electrons. The van der Waals surface area contributed by atoms with Crippen LogP contribution in [-0.2, 0) is 11.3 Å². The van der Waals surface area contributed by atoms with Crippen molar-refractivity contribution >= 4 is 39.4 Å². The molecule has 2 heterocycles. The third-order valence-corrected chi connectivity index (χ3v) is 4.90. The summed E-state index contributed by atoms with van der Waals surface area (Å²) in [6, 6.07) is 13.3. The molecule has 25 heavy (non-hydrogen) atoms. The van der Waals surface area contributed by atoms with E-state index in [0.717, 1.165) is 27.6 Å². The zero-order valence-electron chi connectivity index (χ0n) is 13.5. The fourth-order valence-corrected chi connectivity index (χ4v) is 3.31. The Labute approximate surface area is 158 Å². The highest BCUT2D eigenvalue weighted by Crippen LogP contribution is 2.25. The van der Waals surface area contributed by atoms with Crippen LogP contribution < -0.4 is 5.32 Å². The van der Waals surface area contributed by atoms with E-state index in [2.05, 4.69) is 36.4 Å². The van der Waals surface area contributed by atoms with E-state index < -0.39 is 0 Å². The highest BCUT2D eigenvalue weighted by atomic mass is 79.9. The molecule has 1 amide bonds. The van der Waals surface area contributed by atoms with Gasteiger partial charge in [-0.2, -0.15) is 0 Å². The number of carbonyl (C=O) groups is 1. The highest BCUT2D eigenvalue weighted by molar-refractivity contribution is 9.10. The molecule has 1 N–H and O–H groups in total. The molecule has 0 saturated carbocycles. The van der Waals surface area contributed by atoms with Crippen molar-refractivity contribution in [2.75, 3.05) is 11.1 Å². The van der Waals surface area contributed by atoms with Gasteiger partial charge in [-0.15, -0.1) is 10.2 Å². The number of thioether (sulfide) groups is 1. The summed E-state index contributed by atoms with van der Waals surface area (Å²) in [7, 11) is 0. The fourth-order valence-electron chi connectivity index (χ4n) is 2.24. The maximum atomic E-state index is 12.1.